The lowest BCUT2D eigenvalue weighted by atomic mass is 9.94. The number of likely N-dealkylation sites (N-methyl/N-ethyl adjacent to an activating group) is 1. The van der Waals surface area contributed by atoms with Gasteiger partial charge in [0.2, 0.25) is 5.91 Å². The minimum absolute atomic E-state index is 0.0532. The summed E-state index contributed by atoms with van der Waals surface area (Å²) in [6.07, 6.45) is 4.68. The standard InChI is InChI=1S/C12H22BrNO3/c1-14(11-6-4-3-5-10(11)13)12(15)9-17-8-7-16-2/h10-11H,3-9H2,1-2H3. The van der Waals surface area contributed by atoms with Crippen molar-refractivity contribution in [1.82, 2.24) is 4.90 Å². The number of nitrogens with zero attached hydrogens (tertiary/aromatic N) is 1. The van der Waals surface area contributed by atoms with Crippen LogP contribution in [0.5, 0.6) is 0 Å². The van der Waals surface area contributed by atoms with Crippen molar-refractivity contribution < 1.29 is 14.3 Å². The molecule has 1 amide bonds. The van der Waals surface area contributed by atoms with Crippen molar-refractivity contribution in [2.45, 2.75) is 36.6 Å². The van der Waals surface area contributed by atoms with Crippen molar-refractivity contribution in [3.05, 3.63) is 0 Å². The number of carbonyl (C=O) groups is 1. The first-order valence-corrected chi connectivity index (χ1v) is 7.04. The van der Waals surface area contributed by atoms with Crippen LogP contribution < -0.4 is 0 Å². The Balaban J connectivity index is 2.29. The number of alkyl halides is 1. The van der Waals surface area contributed by atoms with Crippen LogP contribution >= 0.6 is 15.9 Å². The topological polar surface area (TPSA) is 38.8 Å². The number of methoxy groups -OCH3 is 1. The first-order valence-electron chi connectivity index (χ1n) is 6.13. The highest BCUT2D eigenvalue weighted by molar-refractivity contribution is 9.09. The molecule has 0 aromatic carbocycles. The third-order valence-electron chi connectivity index (χ3n) is 3.20. The summed E-state index contributed by atoms with van der Waals surface area (Å²) < 4.78 is 10.1. The van der Waals surface area contributed by atoms with Crippen LogP contribution in [-0.2, 0) is 14.3 Å². The summed E-state index contributed by atoms with van der Waals surface area (Å²) in [5.74, 6) is 0.0532. The average Bonchev–Trinajstić information content (AvgIpc) is 2.34. The van der Waals surface area contributed by atoms with Gasteiger partial charge in [0.05, 0.1) is 13.2 Å². The molecule has 0 aliphatic heterocycles. The SMILES string of the molecule is COCCOCC(=O)N(C)C1CCCCC1Br. The van der Waals surface area contributed by atoms with E-state index < -0.39 is 0 Å². The number of carbonyl (C=O) groups excluding carboxylic acids is 1. The molecule has 17 heavy (non-hydrogen) atoms. The van der Waals surface area contributed by atoms with Gasteiger partial charge >= 0.3 is 0 Å². The van der Waals surface area contributed by atoms with E-state index in [1.54, 1.807) is 7.11 Å². The zero-order valence-electron chi connectivity index (χ0n) is 10.7. The molecule has 1 rings (SSSR count). The fourth-order valence-electron chi connectivity index (χ4n) is 2.09. The number of amides is 1. The highest BCUT2D eigenvalue weighted by Gasteiger charge is 2.28. The normalized spacial score (nSPS) is 24.6. The van der Waals surface area contributed by atoms with Crippen molar-refractivity contribution >= 4 is 21.8 Å². The molecule has 1 aliphatic rings. The zero-order chi connectivity index (χ0) is 12.7. The van der Waals surface area contributed by atoms with Gasteiger partial charge in [-0.05, 0) is 12.8 Å². The maximum absolute atomic E-state index is 11.9. The molecule has 0 N–H and O–H groups in total. The third kappa shape index (κ3) is 4.94. The molecular weight excluding hydrogens is 286 g/mol. The molecule has 1 fully saturated rings. The van der Waals surface area contributed by atoms with Gasteiger partial charge in [0.15, 0.2) is 0 Å². The lowest BCUT2D eigenvalue weighted by Gasteiger charge is -2.35. The Kier molecular flexibility index (Phi) is 7.08. The van der Waals surface area contributed by atoms with Gasteiger partial charge in [-0.3, -0.25) is 4.79 Å². The molecule has 2 atom stereocenters. The maximum Gasteiger partial charge on any atom is 0.248 e. The maximum atomic E-state index is 11.9. The van der Waals surface area contributed by atoms with E-state index in [1.807, 2.05) is 11.9 Å². The molecule has 5 heteroatoms. The second-order valence-electron chi connectivity index (χ2n) is 4.42. The Labute approximate surface area is 112 Å². The van der Waals surface area contributed by atoms with Crippen LogP contribution in [0.4, 0.5) is 0 Å². The largest absolute Gasteiger partial charge is 0.382 e. The Morgan fingerprint density at radius 3 is 2.71 bits per heavy atom. The Hall–Kier alpha value is -0.130. The Bertz CT molecular complexity index is 238. The predicted molar refractivity (Wildman–Crippen MR) is 70.4 cm³/mol. The molecule has 0 heterocycles. The smallest absolute Gasteiger partial charge is 0.248 e. The highest BCUT2D eigenvalue weighted by atomic mass is 79.9. The lowest BCUT2D eigenvalue weighted by Crippen LogP contribution is -2.45. The summed E-state index contributed by atoms with van der Waals surface area (Å²) in [5, 5.41) is 0. The number of rotatable bonds is 6. The number of ether oxygens (including phenoxy) is 2. The summed E-state index contributed by atoms with van der Waals surface area (Å²) in [4.78, 5) is 14.1. The molecule has 2 unspecified atom stereocenters. The second-order valence-corrected chi connectivity index (χ2v) is 5.59. The average molecular weight is 308 g/mol. The molecule has 100 valence electrons. The first-order chi connectivity index (χ1) is 8.16. The van der Waals surface area contributed by atoms with E-state index >= 15 is 0 Å². The van der Waals surface area contributed by atoms with Gasteiger partial charge < -0.3 is 14.4 Å². The summed E-state index contributed by atoms with van der Waals surface area (Å²) in [7, 11) is 3.49. The van der Waals surface area contributed by atoms with Crippen molar-refractivity contribution in [2.24, 2.45) is 0 Å². The molecule has 1 saturated carbocycles. The minimum Gasteiger partial charge on any atom is -0.382 e. The summed E-state index contributed by atoms with van der Waals surface area (Å²) >= 11 is 3.66. The van der Waals surface area contributed by atoms with E-state index in [0.717, 1.165) is 12.8 Å². The van der Waals surface area contributed by atoms with Crippen molar-refractivity contribution in [3.63, 3.8) is 0 Å². The minimum atomic E-state index is 0.0532. The molecule has 1 aliphatic carbocycles. The van der Waals surface area contributed by atoms with Crippen LogP contribution in [0.25, 0.3) is 0 Å². The van der Waals surface area contributed by atoms with Crippen molar-refractivity contribution in [1.29, 1.82) is 0 Å². The fourth-order valence-corrected chi connectivity index (χ4v) is 3.03. The van der Waals surface area contributed by atoms with Crippen molar-refractivity contribution in [2.75, 3.05) is 34.0 Å². The predicted octanol–water partition coefficient (Wildman–Crippen LogP) is 1.81. The molecule has 0 spiro atoms. The van der Waals surface area contributed by atoms with Gasteiger partial charge in [-0.2, -0.15) is 0 Å². The van der Waals surface area contributed by atoms with Gasteiger partial charge in [0.1, 0.15) is 6.61 Å². The van der Waals surface area contributed by atoms with E-state index in [9.17, 15) is 4.79 Å². The van der Waals surface area contributed by atoms with E-state index in [4.69, 9.17) is 9.47 Å². The summed E-state index contributed by atoms with van der Waals surface area (Å²) in [5.41, 5.74) is 0. The van der Waals surface area contributed by atoms with E-state index in [2.05, 4.69) is 15.9 Å². The monoisotopic (exact) mass is 307 g/mol. The Morgan fingerprint density at radius 2 is 2.06 bits per heavy atom. The molecular formula is C12H22BrNO3. The van der Waals surface area contributed by atoms with Crippen LogP contribution in [0.3, 0.4) is 0 Å². The number of halogens is 1. The second kappa shape index (κ2) is 8.06. The number of hydrogen-bond donors (Lipinski definition) is 0. The van der Waals surface area contributed by atoms with Crippen LogP contribution in [0.15, 0.2) is 0 Å². The Morgan fingerprint density at radius 1 is 1.35 bits per heavy atom. The van der Waals surface area contributed by atoms with Gasteiger partial charge in [-0.15, -0.1) is 0 Å². The van der Waals surface area contributed by atoms with Gasteiger partial charge in [-0.1, -0.05) is 28.8 Å². The highest BCUT2D eigenvalue weighted by Crippen LogP contribution is 2.27. The van der Waals surface area contributed by atoms with E-state index in [-0.39, 0.29) is 12.5 Å². The first kappa shape index (κ1) is 14.9. The molecule has 0 aromatic rings. The van der Waals surface area contributed by atoms with Crippen LogP contribution in [0, 0.1) is 0 Å². The summed E-state index contributed by atoms with van der Waals surface area (Å²) in [6.45, 7) is 1.15. The van der Waals surface area contributed by atoms with Crippen LogP contribution in [-0.4, -0.2) is 55.7 Å². The molecule has 0 saturated heterocycles. The zero-order valence-corrected chi connectivity index (χ0v) is 12.2. The van der Waals surface area contributed by atoms with Crippen LogP contribution in [0.1, 0.15) is 25.7 Å². The van der Waals surface area contributed by atoms with Gasteiger partial charge in [-0.25, -0.2) is 0 Å². The lowest BCUT2D eigenvalue weighted by molar-refractivity contribution is -0.137. The van der Waals surface area contributed by atoms with E-state index in [1.165, 1.54) is 12.8 Å². The molecule has 4 nitrogen and oxygen atoms in total. The fraction of sp³-hybridized carbons (Fsp3) is 0.917. The van der Waals surface area contributed by atoms with Gasteiger partial charge in [0, 0.05) is 25.0 Å². The van der Waals surface area contributed by atoms with Gasteiger partial charge in [0.25, 0.3) is 0 Å². The molecule has 0 radical (unpaired) electrons. The van der Waals surface area contributed by atoms with Crippen molar-refractivity contribution in [3.8, 4) is 0 Å². The molecule has 0 bridgehead atoms. The van der Waals surface area contributed by atoms with Crippen LogP contribution in [0.2, 0.25) is 0 Å². The third-order valence-corrected chi connectivity index (χ3v) is 4.26. The summed E-state index contributed by atoms with van der Waals surface area (Å²) in [6, 6.07) is 0.308. The molecule has 0 aromatic heterocycles. The number of hydrogen-bond acceptors (Lipinski definition) is 3. The quantitative estimate of drug-likeness (QED) is 0.555. The van der Waals surface area contributed by atoms with E-state index in [0.29, 0.717) is 24.1 Å².